The summed E-state index contributed by atoms with van der Waals surface area (Å²) in [7, 11) is 0.986. The molecule has 0 saturated carbocycles. The van der Waals surface area contributed by atoms with Crippen molar-refractivity contribution in [1.82, 2.24) is 4.98 Å². The number of aromatic nitrogens is 1. The van der Waals surface area contributed by atoms with Gasteiger partial charge in [-0.25, -0.2) is 13.8 Å². The van der Waals surface area contributed by atoms with Crippen LogP contribution in [0.1, 0.15) is 22.5 Å². The van der Waals surface area contributed by atoms with Crippen molar-refractivity contribution in [2.45, 2.75) is 12.8 Å². The average Bonchev–Trinajstić information content (AvgIpc) is 2.25. The van der Waals surface area contributed by atoms with Gasteiger partial charge in [-0.05, 0) is 0 Å². The standard InChI is InChI=1S/C9H6F5NO3/c1-17-7-4(8(10)11)2-6(15-5(7)3-16)18-9(12,13)14/h2-3,8H,1H3. The van der Waals surface area contributed by atoms with E-state index in [1.807, 2.05) is 0 Å². The molecule has 4 nitrogen and oxygen atoms in total. The van der Waals surface area contributed by atoms with Gasteiger partial charge in [0.05, 0.1) is 12.7 Å². The van der Waals surface area contributed by atoms with Gasteiger partial charge in [-0.1, -0.05) is 0 Å². The smallest absolute Gasteiger partial charge is 0.494 e. The van der Waals surface area contributed by atoms with E-state index < -0.39 is 35.7 Å². The minimum atomic E-state index is -5.10. The molecular formula is C9H6F5NO3. The first-order valence-corrected chi connectivity index (χ1v) is 4.36. The molecule has 0 unspecified atom stereocenters. The van der Waals surface area contributed by atoms with E-state index in [4.69, 9.17) is 0 Å². The van der Waals surface area contributed by atoms with E-state index in [1.165, 1.54) is 0 Å². The van der Waals surface area contributed by atoms with Crippen LogP contribution in [-0.4, -0.2) is 24.7 Å². The van der Waals surface area contributed by atoms with Crippen LogP contribution < -0.4 is 9.47 Å². The van der Waals surface area contributed by atoms with Gasteiger partial charge >= 0.3 is 6.36 Å². The van der Waals surface area contributed by atoms with E-state index in [0.717, 1.165) is 7.11 Å². The Labute approximate surface area is 97.3 Å². The number of aldehydes is 1. The summed E-state index contributed by atoms with van der Waals surface area (Å²) < 4.78 is 68.8. The number of nitrogens with zero attached hydrogens (tertiary/aromatic N) is 1. The molecule has 9 heteroatoms. The zero-order valence-electron chi connectivity index (χ0n) is 8.79. The van der Waals surface area contributed by atoms with E-state index >= 15 is 0 Å². The molecule has 0 aliphatic rings. The maximum absolute atomic E-state index is 12.6. The van der Waals surface area contributed by atoms with Crippen LogP contribution in [0.2, 0.25) is 0 Å². The highest BCUT2D eigenvalue weighted by Crippen LogP contribution is 2.34. The molecular weight excluding hydrogens is 265 g/mol. The maximum Gasteiger partial charge on any atom is 0.574 e. The Balaban J connectivity index is 3.32. The number of rotatable bonds is 4. The van der Waals surface area contributed by atoms with Crippen molar-refractivity contribution in [1.29, 1.82) is 0 Å². The van der Waals surface area contributed by atoms with Crippen molar-refractivity contribution in [3.63, 3.8) is 0 Å². The number of pyridine rings is 1. The zero-order chi connectivity index (χ0) is 13.9. The molecule has 0 atom stereocenters. The largest absolute Gasteiger partial charge is 0.574 e. The highest BCUT2D eigenvalue weighted by molar-refractivity contribution is 5.77. The van der Waals surface area contributed by atoms with Crippen molar-refractivity contribution in [3.05, 3.63) is 17.3 Å². The van der Waals surface area contributed by atoms with Crippen molar-refractivity contribution in [2.24, 2.45) is 0 Å². The molecule has 1 rings (SSSR count). The Morgan fingerprint density at radius 3 is 2.39 bits per heavy atom. The second kappa shape index (κ2) is 5.15. The normalized spacial score (nSPS) is 11.5. The third-order valence-corrected chi connectivity index (χ3v) is 1.78. The predicted octanol–water partition coefficient (Wildman–Crippen LogP) is 2.74. The van der Waals surface area contributed by atoms with Crippen LogP contribution in [0.15, 0.2) is 6.07 Å². The quantitative estimate of drug-likeness (QED) is 0.624. The minimum Gasteiger partial charge on any atom is -0.494 e. The van der Waals surface area contributed by atoms with Gasteiger partial charge in [-0.15, -0.1) is 13.2 Å². The number of ether oxygens (including phenoxy) is 2. The van der Waals surface area contributed by atoms with Crippen LogP contribution in [0.3, 0.4) is 0 Å². The van der Waals surface area contributed by atoms with Crippen molar-refractivity contribution < 1.29 is 36.2 Å². The summed E-state index contributed by atoms with van der Waals surface area (Å²) in [5.74, 6) is -1.74. The first kappa shape index (κ1) is 14.1. The highest BCUT2D eigenvalue weighted by Gasteiger charge is 2.33. The van der Waals surface area contributed by atoms with E-state index in [9.17, 15) is 26.7 Å². The molecule has 1 heterocycles. The Bertz CT molecular complexity index is 447. The van der Waals surface area contributed by atoms with Crippen molar-refractivity contribution in [3.8, 4) is 11.6 Å². The second-order valence-electron chi connectivity index (χ2n) is 2.93. The maximum atomic E-state index is 12.6. The SMILES string of the molecule is COc1c(C(F)F)cc(OC(F)(F)F)nc1C=O. The van der Waals surface area contributed by atoms with Gasteiger partial charge in [0.15, 0.2) is 12.0 Å². The van der Waals surface area contributed by atoms with Crippen LogP contribution >= 0.6 is 0 Å². The lowest BCUT2D eigenvalue weighted by Crippen LogP contribution is -2.18. The fourth-order valence-electron chi connectivity index (χ4n) is 1.18. The van der Waals surface area contributed by atoms with Gasteiger partial charge in [-0.3, -0.25) is 4.79 Å². The van der Waals surface area contributed by atoms with Crippen molar-refractivity contribution >= 4 is 6.29 Å². The lowest BCUT2D eigenvalue weighted by atomic mass is 10.2. The summed E-state index contributed by atoms with van der Waals surface area (Å²) in [6, 6.07) is 0.365. The zero-order valence-corrected chi connectivity index (χ0v) is 8.79. The molecule has 100 valence electrons. The first-order valence-electron chi connectivity index (χ1n) is 4.36. The molecule has 0 bridgehead atoms. The lowest BCUT2D eigenvalue weighted by molar-refractivity contribution is -0.276. The van der Waals surface area contributed by atoms with E-state index in [0.29, 0.717) is 6.07 Å². The summed E-state index contributed by atoms with van der Waals surface area (Å²) in [5, 5.41) is 0. The number of methoxy groups -OCH3 is 1. The number of hydrogen-bond donors (Lipinski definition) is 0. The number of hydrogen-bond acceptors (Lipinski definition) is 4. The summed E-state index contributed by atoms with van der Waals surface area (Å²) >= 11 is 0. The fourth-order valence-corrected chi connectivity index (χ4v) is 1.18. The van der Waals surface area contributed by atoms with E-state index in [-0.39, 0.29) is 6.29 Å². The third kappa shape index (κ3) is 3.28. The number of carbonyl (C=O) groups is 1. The minimum absolute atomic E-state index is 0.00600. The van der Waals surface area contributed by atoms with E-state index in [2.05, 4.69) is 14.5 Å². The monoisotopic (exact) mass is 271 g/mol. The molecule has 0 aromatic carbocycles. The lowest BCUT2D eigenvalue weighted by Gasteiger charge is -2.13. The molecule has 0 saturated heterocycles. The molecule has 0 fully saturated rings. The number of carbonyl (C=O) groups excluding carboxylic acids is 1. The van der Waals surface area contributed by atoms with Crippen molar-refractivity contribution in [2.75, 3.05) is 7.11 Å². The molecule has 0 spiro atoms. The van der Waals surface area contributed by atoms with Gasteiger partial charge < -0.3 is 9.47 Å². The van der Waals surface area contributed by atoms with Crippen LogP contribution in [0.5, 0.6) is 11.6 Å². The fraction of sp³-hybridized carbons (Fsp3) is 0.333. The van der Waals surface area contributed by atoms with Gasteiger partial charge in [0.2, 0.25) is 5.88 Å². The van der Waals surface area contributed by atoms with Gasteiger partial charge in [-0.2, -0.15) is 0 Å². The molecule has 0 amide bonds. The molecule has 1 aromatic rings. The van der Waals surface area contributed by atoms with E-state index in [1.54, 1.807) is 0 Å². The third-order valence-electron chi connectivity index (χ3n) is 1.78. The summed E-state index contributed by atoms with van der Waals surface area (Å²) in [4.78, 5) is 13.7. The summed E-state index contributed by atoms with van der Waals surface area (Å²) in [5.41, 5.74) is -1.61. The Hall–Kier alpha value is -1.93. The second-order valence-corrected chi connectivity index (χ2v) is 2.93. The molecule has 18 heavy (non-hydrogen) atoms. The van der Waals surface area contributed by atoms with Gasteiger partial charge in [0, 0.05) is 6.07 Å². The first-order chi connectivity index (χ1) is 8.28. The summed E-state index contributed by atoms with van der Waals surface area (Å²) in [6.45, 7) is 0. The predicted molar refractivity (Wildman–Crippen MR) is 47.8 cm³/mol. The highest BCUT2D eigenvalue weighted by atomic mass is 19.4. The number of alkyl halides is 5. The summed E-state index contributed by atoms with van der Waals surface area (Å²) in [6.07, 6.45) is -8.24. The van der Waals surface area contributed by atoms with Crippen LogP contribution in [0, 0.1) is 0 Å². The molecule has 0 N–H and O–H groups in total. The number of halogens is 5. The average molecular weight is 271 g/mol. The van der Waals surface area contributed by atoms with Gasteiger partial charge in [0.25, 0.3) is 6.43 Å². The van der Waals surface area contributed by atoms with Crippen LogP contribution in [0.25, 0.3) is 0 Å². The molecule has 0 radical (unpaired) electrons. The molecule has 1 aromatic heterocycles. The topological polar surface area (TPSA) is 48.4 Å². The Morgan fingerprint density at radius 1 is 1.39 bits per heavy atom. The molecule has 0 aliphatic heterocycles. The van der Waals surface area contributed by atoms with Crippen LogP contribution in [-0.2, 0) is 0 Å². The Morgan fingerprint density at radius 2 is 2.00 bits per heavy atom. The molecule has 0 aliphatic carbocycles. The van der Waals surface area contributed by atoms with Crippen LogP contribution in [0.4, 0.5) is 22.0 Å². The Kier molecular flexibility index (Phi) is 4.04. The van der Waals surface area contributed by atoms with Gasteiger partial charge in [0.1, 0.15) is 5.69 Å².